The average molecular weight is 329 g/mol. The Morgan fingerprint density at radius 2 is 1.95 bits per heavy atom. The second-order valence-electron chi connectivity index (χ2n) is 4.73. The van der Waals surface area contributed by atoms with Crippen LogP contribution in [0.4, 0.5) is 0 Å². The number of sulfonamides is 1. The summed E-state index contributed by atoms with van der Waals surface area (Å²) in [4.78, 5) is 0.115. The number of benzene rings is 1. The zero-order valence-corrected chi connectivity index (χ0v) is 13.3. The molecule has 0 aliphatic heterocycles. The molecule has 5 nitrogen and oxygen atoms in total. The van der Waals surface area contributed by atoms with Crippen LogP contribution < -0.4 is 10.5 Å². The Morgan fingerprint density at radius 1 is 1.33 bits per heavy atom. The Bertz CT molecular complexity index is 723. The smallest absolute Gasteiger partial charge is 0.244 e. The number of aryl methyl sites for hydroxylation is 1. The van der Waals surface area contributed by atoms with E-state index in [2.05, 4.69) is 4.72 Å². The van der Waals surface area contributed by atoms with Gasteiger partial charge in [0.05, 0.1) is 6.54 Å². The maximum atomic E-state index is 12.4. The lowest BCUT2D eigenvalue weighted by Gasteiger charge is -2.14. The van der Waals surface area contributed by atoms with Gasteiger partial charge in [0.15, 0.2) is 0 Å². The third-order valence-corrected chi connectivity index (χ3v) is 5.02. The molecule has 1 unspecified atom stereocenters. The quantitative estimate of drug-likeness (QED) is 0.883. The van der Waals surface area contributed by atoms with Crippen LogP contribution in [0.2, 0.25) is 5.02 Å². The van der Waals surface area contributed by atoms with Gasteiger partial charge in [-0.05, 0) is 31.5 Å². The summed E-state index contributed by atoms with van der Waals surface area (Å²) >= 11 is 5.82. The number of rotatable bonds is 5. The Balaban J connectivity index is 2.24. The Morgan fingerprint density at radius 3 is 2.48 bits per heavy atom. The van der Waals surface area contributed by atoms with Gasteiger partial charge >= 0.3 is 0 Å². The summed E-state index contributed by atoms with van der Waals surface area (Å²) in [5.74, 6) is 0.762. The predicted octanol–water partition coefficient (Wildman–Crippen LogP) is 2.74. The monoisotopic (exact) mass is 328 g/mol. The molecule has 3 N–H and O–H groups in total. The zero-order valence-electron chi connectivity index (χ0n) is 11.8. The molecule has 1 atom stereocenters. The van der Waals surface area contributed by atoms with E-state index < -0.39 is 10.0 Å². The van der Waals surface area contributed by atoms with Gasteiger partial charge in [-0.25, -0.2) is 13.1 Å². The maximum absolute atomic E-state index is 12.4. The fourth-order valence-electron chi connectivity index (χ4n) is 2.01. The number of nitrogens with one attached hydrogen (secondary N) is 1. The van der Waals surface area contributed by atoms with Crippen molar-refractivity contribution < 1.29 is 12.8 Å². The highest BCUT2D eigenvalue weighted by Crippen LogP contribution is 2.23. The highest BCUT2D eigenvalue weighted by molar-refractivity contribution is 7.89. The van der Waals surface area contributed by atoms with Gasteiger partial charge in [-0.15, -0.1) is 0 Å². The minimum Gasteiger partial charge on any atom is -0.464 e. The third kappa shape index (κ3) is 3.65. The summed E-state index contributed by atoms with van der Waals surface area (Å²) in [5, 5.41) is 0.604. The molecule has 0 aliphatic rings. The van der Waals surface area contributed by atoms with E-state index in [1.165, 1.54) is 6.07 Å². The van der Waals surface area contributed by atoms with Gasteiger partial charge in [0.25, 0.3) is 0 Å². The fourth-order valence-corrected chi connectivity index (χ4v) is 3.57. The van der Waals surface area contributed by atoms with Gasteiger partial charge in [0, 0.05) is 17.1 Å². The topological polar surface area (TPSA) is 85.3 Å². The lowest BCUT2D eigenvalue weighted by molar-refractivity contribution is 0.478. The van der Waals surface area contributed by atoms with Gasteiger partial charge in [-0.1, -0.05) is 23.7 Å². The van der Waals surface area contributed by atoms with Crippen molar-refractivity contribution in [3.63, 3.8) is 0 Å². The summed E-state index contributed by atoms with van der Waals surface area (Å²) < 4.78 is 32.7. The third-order valence-electron chi connectivity index (χ3n) is 3.12. The molecule has 2 aromatic rings. The van der Waals surface area contributed by atoms with Crippen LogP contribution in [0.15, 0.2) is 39.6 Å². The molecule has 1 aromatic heterocycles. The molecule has 21 heavy (non-hydrogen) atoms. The molecular weight excluding hydrogens is 312 g/mol. The van der Waals surface area contributed by atoms with E-state index in [0.29, 0.717) is 16.5 Å². The number of hydrogen-bond acceptors (Lipinski definition) is 4. The molecule has 2 rings (SSSR count). The first kappa shape index (κ1) is 16.0. The van der Waals surface area contributed by atoms with Crippen LogP contribution in [-0.4, -0.2) is 8.42 Å². The van der Waals surface area contributed by atoms with Crippen LogP contribution in [0.5, 0.6) is 0 Å². The minimum absolute atomic E-state index is 0.115. The summed E-state index contributed by atoms with van der Waals surface area (Å²) in [5.41, 5.74) is 6.28. The highest BCUT2D eigenvalue weighted by atomic mass is 35.5. The summed E-state index contributed by atoms with van der Waals surface area (Å²) in [7, 11) is -3.67. The number of nitrogens with two attached hydrogens (primary N) is 1. The SMILES string of the molecule is Cc1oc(CN)cc1S(=O)(=O)NC(C)c1ccc(Cl)cc1. The Kier molecular flexibility index (Phi) is 4.73. The molecule has 0 saturated carbocycles. The summed E-state index contributed by atoms with van der Waals surface area (Å²) in [6, 6.07) is 8.07. The van der Waals surface area contributed by atoms with E-state index in [1.54, 1.807) is 38.1 Å². The molecule has 0 spiro atoms. The summed E-state index contributed by atoms with van der Waals surface area (Å²) in [6.45, 7) is 3.52. The van der Waals surface area contributed by atoms with Gasteiger partial charge in [0.2, 0.25) is 10.0 Å². The molecule has 1 heterocycles. The van der Waals surface area contributed by atoms with Crippen LogP contribution in [0.3, 0.4) is 0 Å². The van der Waals surface area contributed by atoms with Gasteiger partial charge < -0.3 is 10.2 Å². The van der Waals surface area contributed by atoms with E-state index >= 15 is 0 Å². The van der Waals surface area contributed by atoms with Crippen molar-refractivity contribution in [3.05, 3.63) is 52.4 Å². The van der Waals surface area contributed by atoms with Gasteiger partial charge in [-0.3, -0.25) is 0 Å². The van der Waals surface area contributed by atoms with Crippen molar-refractivity contribution in [2.24, 2.45) is 5.73 Å². The molecule has 0 saturated heterocycles. The lowest BCUT2D eigenvalue weighted by atomic mass is 10.1. The normalized spacial score (nSPS) is 13.3. The van der Waals surface area contributed by atoms with E-state index in [-0.39, 0.29) is 17.5 Å². The molecule has 1 aromatic carbocycles. The van der Waals surface area contributed by atoms with E-state index in [9.17, 15) is 8.42 Å². The van der Waals surface area contributed by atoms with Gasteiger partial charge in [0.1, 0.15) is 16.4 Å². The first-order valence-electron chi connectivity index (χ1n) is 6.40. The number of furan rings is 1. The number of hydrogen-bond donors (Lipinski definition) is 2. The largest absolute Gasteiger partial charge is 0.464 e. The van der Waals surface area contributed by atoms with Crippen molar-refractivity contribution in [1.82, 2.24) is 4.72 Å². The number of halogens is 1. The van der Waals surface area contributed by atoms with Crippen molar-refractivity contribution in [1.29, 1.82) is 0 Å². The fraction of sp³-hybridized carbons (Fsp3) is 0.286. The highest BCUT2D eigenvalue weighted by Gasteiger charge is 2.23. The van der Waals surface area contributed by atoms with E-state index in [1.807, 2.05) is 0 Å². The van der Waals surface area contributed by atoms with Crippen molar-refractivity contribution in [3.8, 4) is 0 Å². The zero-order chi connectivity index (χ0) is 15.6. The molecule has 0 amide bonds. The summed E-state index contributed by atoms with van der Waals surface area (Å²) in [6.07, 6.45) is 0. The molecule has 7 heteroatoms. The van der Waals surface area contributed by atoms with Crippen LogP contribution in [0.25, 0.3) is 0 Å². The van der Waals surface area contributed by atoms with E-state index in [0.717, 1.165) is 5.56 Å². The molecule has 0 bridgehead atoms. The predicted molar refractivity (Wildman–Crippen MR) is 81.5 cm³/mol. The molecule has 114 valence electrons. The molecule has 0 radical (unpaired) electrons. The van der Waals surface area contributed by atoms with Crippen LogP contribution in [0.1, 0.15) is 30.0 Å². The first-order chi connectivity index (χ1) is 9.83. The average Bonchev–Trinajstić information content (AvgIpc) is 2.81. The van der Waals surface area contributed by atoms with Gasteiger partial charge in [-0.2, -0.15) is 0 Å². The minimum atomic E-state index is -3.67. The molecule has 0 fully saturated rings. The second-order valence-corrected chi connectivity index (χ2v) is 6.85. The molecular formula is C14H17ClN2O3S. The van der Waals surface area contributed by atoms with E-state index in [4.69, 9.17) is 21.8 Å². The Labute approximate surface area is 129 Å². The van der Waals surface area contributed by atoms with Crippen LogP contribution in [-0.2, 0) is 16.6 Å². The van der Waals surface area contributed by atoms with Crippen LogP contribution in [0, 0.1) is 6.92 Å². The van der Waals surface area contributed by atoms with Crippen molar-refractivity contribution in [2.45, 2.75) is 31.3 Å². The van der Waals surface area contributed by atoms with Crippen molar-refractivity contribution >= 4 is 21.6 Å². The lowest BCUT2D eigenvalue weighted by Crippen LogP contribution is -2.27. The first-order valence-corrected chi connectivity index (χ1v) is 8.27. The van der Waals surface area contributed by atoms with Crippen LogP contribution >= 0.6 is 11.6 Å². The van der Waals surface area contributed by atoms with Crippen molar-refractivity contribution in [2.75, 3.05) is 0 Å². The molecule has 0 aliphatic carbocycles. The standard InChI is InChI=1S/C14H17ClN2O3S/c1-9(11-3-5-12(15)6-4-11)17-21(18,19)14-7-13(8-16)20-10(14)2/h3-7,9,17H,8,16H2,1-2H3. The Hall–Kier alpha value is -1.34. The second kappa shape index (κ2) is 6.19. The maximum Gasteiger partial charge on any atom is 0.244 e.